The van der Waals surface area contributed by atoms with Crippen LogP contribution in [-0.4, -0.2) is 17.6 Å². The number of carbonyl (C=O) groups excluding carboxylic acids is 1. The third-order valence-corrected chi connectivity index (χ3v) is 2.61. The topological polar surface area (TPSA) is 35.1 Å². The summed E-state index contributed by atoms with van der Waals surface area (Å²) in [6.07, 6.45) is 7.68. The van der Waals surface area contributed by atoms with Gasteiger partial charge < -0.3 is 21.7 Å². The average molecular weight is 305 g/mol. The zero-order valence-electron chi connectivity index (χ0n) is 10.8. The summed E-state index contributed by atoms with van der Waals surface area (Å²) in [4.78, 5) is 11.1. The minimum absolute atomic E-state index is 0. The molecule has 5 heteroatoms. The Morgan fingerprint density at radius 2 is 2.24 bits per heavy atom. The molecule has 0 aliphatic rings. The van der Waals surface area contributed by atoms with E-state index in [9.17, 15) is 4.79 Å². The molecule has 1 rings (SSSR count). The molecule has 0 aliphatic carbocycles. The molecule has 0 unspecified atom stereocenters. The summed E-state index contributed by atoms with van der Waals surface area (Å²) in [7, 11) is 3.43. The quantitative estimate of drug-likeness (QED) is 0.460. The van der Waals surface area contributed by atoms with Crippen LogP contribution in [-0.2, 0) is 29.5 Å². The molecule has 1 aromatic rings. The van der Waals surface area contributed by atoms with Crippen molar-refractivity contribution in [3.8, 4) is 0 Å². The Morgan fingerprint density at radius 1 is 1.53 bits per heavy atom. The van der Waals surface area contributed by atoms with Crippen molar-refractivity contribution in [1.29, 1.82) is 0 Å². The fourth-order valence-electron chi connectivity index (χ4n) is 1.71. The average Bonchev–Trinajstić information content (AvgIpc) is 2.63. The largest absolute Gasteiger partial charge is 1.00 e. The smallest absolute Gasteiger partial charge is 0.305 e. The summed E-state index contributed by atoms with van der Waals surface area (Å²) < 4.78 is 8.89. The lowest BCUT2D eigenvalue weighted by molar-refractivity contribution is -0.703. The molecule has 0 aromatic carbocycles. The molecular weight excluding hydrogens is 284 g/mol. The van der Waals surface area contributed by atoms with Crippen LogP contribution in [0.5, 0.6) is 0 Å². The number of aryl methyl sites for hydroxylation is 3. The van der Waals surface area contributed by atoms with Gasteiger partial charge in [-0.05, 0) is 6.42 Å². The molecular formula is C12H21BrN2O2. The Kier molecular flexibility index (Phi) is 7.87. The Balaban J connectivity index is 0.00000256. The highest BCUT2D eigenvalue weighted by atomic mass is 79.9. The van der Waals surface area contributed by atoms with Crippen molar-refractivity contribution in [1.82, 2.24) is 4.57 Å². The summed E-state index contributed by atoms with van der Waals surface area (Å²) in [5, 5.41) is 0. The first-order valence-electron chi connectivity index (χ1n) is 5.78. The van der Waals surface area contributed by atoms with E-state index in [0.717, 1.165) is 13.0 Å². The van der Waals surface area contributed by atoms with E-state index in [1.54, 1.807) is 0 Å². The maximum absolute atomic E-state index is 11.1. The van der Waals surface area contributed by atoms with Crippen molar-refractivity contribution in [3.63, 3.8) is 0 Å². The number of halogens is 1. The lowest BCUT2D eigenvalue weighted by Crippen LogP contribution is -3.00. The van der Waals surface area contributed by atoms with E-state index in [2.05, 4.69) is 28.8 Å². The Hall–Kier alpha value is -0.840. The van der Waals surface area contributed by atoms with E-state index in [4.69, 9.17) is 0 Å². The highest BCUT2D eigenvalue weighted by Gasteiger charge is 2.12. The first kappa shape index (κ1) is 16.2. The number of hydrogen-bond acceptors (Lipinski definition) is 2. The minimum Gasteiger partial charge on any atom is -1.00 e. The molecule has 0 saturated heterocycles. The van der Waals surface area contributed by atoms with Gasteiger partial charge in [-0.25, -0.2) is 9.13 Å². The lowest BCUT2D eigenvalue weighted by atomic mass is 10.2. The van der Waals surface area contributed by atoms with Crippen LogP contribution in [0.1, 0.15) is 31.9 Å². The molecule has 0 fully saturated rings. The van der Waals surface area contributed by atoms with Crippen LogP contribution in [0, 0.1) is 0 Å². The lowest BCUT2D eigenvalue weighted by Gasteiger charge is -2.00. The third kappa shape index (κ3) is 5.35. The molecule has 17 heavy (non-hydrogen) atoms. The van der Waals surface area contributed by atoms with E-state index >= 15 is 0 Å². The van der Waals surface area contributed by atoms with Crippen LogP contribution in [0.2, 0.25) is 0 Å². The van der Waals surface area contributed by atoms with Crippen molar-refractivity contribution in [2.24, 2.45) is 7.05 Å². The van der Waals surface area contributed by atoms with Gasteiger partial charge in [0.05, 0.1) is 27.1 Å². The molecule has 0 aliphatic heterocycles. The number of ether oxygens (including phenoxy) is 1. The molecule has 0 N–H and O–H groups in total. The van der Waals surface area contributed by atoms with Gasteiger partial charge in [-0.1, -0.05) is 13.3 Å². The van der Waals surface area contributed by atoms with E-state index < -0.39 is 0 Å². The van der Waals surface area contributed by atoms with Crippen molar-refractivity contribution < 1.29 is 31.1 Å². The molecule has 0 radical (unpaired) electrons. The van der Waals surface area contributed by atoms with Crippen molar-refractivity contribution >= 4 is 5.97 Å². The normalized spacial score (nSPS) is 9.82. The predicted octanol–water partition coefficient (Wildman–Crippen LogP) is -1.78. The van der Waals surface area contributed by atoms with Gasteiger partial charge in [-0.2, -0.15) is 0 Å². The first-order valence-corrected chi connectivity index (χ1v) is 5.78. The standard InChI is InChI=1S/C12H21N2O2.BrH/c1-4-5-8-14-10-13(2)9-11(14)6-7-12(15)16-3;/h9-10H,4-8H2,1-3H3;1H/q+1;/p-1. The van der Waals surface area contributed by atoms with Crippen LogP contribution < -0.4 is 21.5 Å². The van der Waals surface area contributed by atoms with Gasteiger partial charge in [0.15, 0.2) is 0 Å². The Morgan fingerprint density at radius 3 is 2.82 bits per heavy atom. The number of aromatic nitrogens is 2. The number of unbranched alkanes of at least 4 members (excludes halogenated alkanes) is 1. The second-order valence-electron chi connectivity index (χ2n) is 4.02. The minimum atomic E-state index is -0.147. The second kappa shape index (κ2) is 8.28. The van der Waals surface area contributed by atoms with Crippen LogP contribution >= 0.6 is 0 Å². The number of nitrogens with zero attached hydrogens (tertiary/aromatic N) is 2. The van der Waals surface area contributed by atoms with Crippen molar-refractivity contribution in [3.05, 3.63) is 18.2 Å². The Bertz CT molecular complexity index is 350. The van der Waals surface area contributed by atoms with Crippen molar-refractivity contribution in [2.45, 2.75) is 39.2 Å². The molecule has 98 valence electrons. The molecule has 0 bridgehead atoms. The van der Waals surface area contributed by atoms with E-state index in [1.165, 1.54) is 25.6 Å². The van der Waals surface area contributed by atoms with Gasteiger partial charge in [0.1, 0.15) is 11.9 Å². The fraction of sp³-hybridized carbons (Fsp3) is 0.667. The molecule has 1 heterocycles. The summed E-state index contributed by atoms with van der Waals surface area (Å²) in [6, 6.07) is 0. The van der Waals surface area contributed by atoms with Crippen LogP contribution in [0.15, 0.2) is 12.5 Å². The van der Waals surface area contributed by atoms with Gasteiger partial charge in [0, 0.05) is 6.42 Å². The monoisotopic (exact) mass is 304 g/mol. The molecule has 0 spiro atoms. The molecule has 0 amide bonds. The molecule has 0 saturated carbocycles. The van der Waals surface area contributed by atoms with Crippen LogP contribution in [0.3, 0.4) is 0 Å². The predicted molar refractivity (Wildman–Crippen MR) is 60.9 cm³/mol. The van der Waals surface area contributed by atoms with E-state index in [1.807, 2.05) is 11.6 Å². The van der Waals surface area contributed by atoms with Crippen molar-refractivity contribution in [2.75, 3.05) is 7.11 Å². The van der Waals surface area contributed by atoms with Gasteiger partial charge in [-0.15, -0.1) is 0 Å². The molecule has 0 atom stereocenters. The Labute approximate surface area is 113 Å². The SMILES string of the molecule is CCCC[n+]1cn(C)cc1CCC(=O)OC.[Br-]. The van der Waals surface area contributed by atoms with Gasteiger partial charge in [-0.3, -0.25) is 4.79 Å². The van der Waals surface area contributed by atoms with Gasteiger partial charge in [0.2, 0.25) is 6.33 Å². The summed E-state index contributed by atoms with van der Waals surface area (Å²) in [5.74, 6) is -0.147. The highest BCUT2D eigenvalue weighted by Crippen LogP contribution is 2.00. The number of esters is 1. The number of imidazole rings is 1. The number of methoxy groups -OCH3 is 1. The molecule has 4 nitrogen and oxygen atoms in total. The number of rotatable bonds is 6. The van der Waals surface area contributed by atoms with Gasteiger partial charge in [0.25, 0.3) is 0 Å². The third-order valence-electron chi connectivity index (χ3n) is 2.61. The van der Waals surface area contributed by atoms with E-state index in [0.29, 0.717) is 6.42 Å². The van der Waals surface area contributed by atoms with Crippen LogP contribution in [0.25, 0.3) is 0 Å². The fourth-order valence-corrected chi connectivity index (χ4v) is 1.71. The number of hydrogen-bond donors (Lipinski definition) is 0. The van der Waals surface area contributed by atoms with Gasteiger partial charge >= 0.3 is 5.97 Å². The summed E-state index contributed by atoms with van der Waals surface area (Å²) in [5.41, 5.74) is 1.20. The first-order chi connectivity index (χ1) is 7.67. The number of carbonyl (C=O) groups is 1. The highest BCUT2D eigenvalue weighted by molar-refractivity contribution is 5.69. The maximum atomic E-state index is 11.1. The van der Waals surface area contributed by atoms with E-state index in [-0.39, 0.29) is 23.0 Å². The maximum Gasteiger partial charge on any atom is 0.305 e. The summed E-state index contributed by atoms with van der Waals surface area (Å²) in [6.45, 7) is 3.20. The van der Waals surface area contributed by atoms with Crippen LogP contribution in [0.4, 0.5) is 0 Å². The summed E-state index contributed by atoms with van der Waals surface area (Å²) >= 11 is 0. The zero-order valence-corrected chi connectivity index (χ0v) is 12.4. The zero-order chi connectivity index (χ0) is 12.0. The second-order valence-corrected chi connectivity index (χ2v) is 4.02. The molecule has 1 aromatic heterocycles.